The smallest absolute Gasteiger partial charge is 0.0852 e. The number of allylic oxidation sites excluding steroid dienone is 2. The van der Waals surface area contributed by atoms with Crippen LogP contribution in [0, 0.1) is 0 Å². The first kappa shape index (κ1) is 14.8. The van der Waals surface area contributed by atoms with Crippen LogP contribution in [0.5, 0.6) is 0 Å². The van der Waals surface area contributed by atoms with Crippen molar-refractivity contribution in [2.24, 2.45) is 5.73 Å². The molecule has 0 aromatic heterocycles. The summed E-state index contributed by atoms with van der Waals surface area (Å²) in [6.45, 7) is 8.57. The third-order valence-electron chi connectivity index (χ3n) is 1.80. The predicted molar refractivity (Wildman–Crippen MR) is 75.5 cm³/mol. The van der Waals surface area contributed by atoms with E-state index in [0.29, 0.717) is 13.2 Å². The van der Waals surface area contributed by atoms with E-state index in [0.717, 1.165) is 17.7 Å². The lowest BCUT2D eigenvalue weighted by Crippen LogP contribution is -2.08. The van der Waals surface area contributed by atoms with E-state index >= 15 is 0 Å². The van der Waals surface area contributed by atoms with E-state index in [2.05, 4.69) is 24.8 Å². The molecular weight excluding hydrogens is 226 g/mol. The zero-order valence-corrected chi connectivity index (χ0v) is 11.0. The molecule has 0 aliphatic heterocycles. The highest BCUT2D eigenvalue weighted by Gasteiger charge is 2.12. The Hall–Kier alpha value is -0.160. The Balaban J connectivity index is 4.05. The average molecular weight is 247 g/mol. The van der Waals surface area contributed by atoms with Crippen LogP contribution in [0.4, 0.5) is 0 Å². The largest absolute Gasteiger partial charge is 0.330 e. The van der Waals surface area contributed by atoms with Crippen molar-refractivity contribution < 1.29 is 4.18 Å². The van der Waals surface area contributed by atoms with Gasteiger partial charge in [-0.1, -0.05) is 40.7 Å². The molecule has 0 aromatic carbocycles. The SMILES string of the molecule is C=C/C=C(\C=C)COS(C)(S)CCCN. The summed E-state index contributed by atoms with van der Waals surface area (Å²) in [6, 6.07) is 0. The van der Waals surface area contributed by atoms with Crippen molar-refractivity contribution in [3.8, 4) is 0 Å². The molecule has 0 saturated carbocycles. The Kier molecular flexibility index (Phi) is 7.96. The summed E-state index contributed by atoms with van der Waals surface area (Å²) in [5, 5.41) is 0. The highest BCUT2D eigenvalue weighted by atomic mass is 33.1. The Labute approximate surface area is 99.6 Å². The fourth-order valence-corrected chi connectivity index (χ4v) is 2.69. The van der Waals surface area contributed by atoms with E-state index in [4.69, 9.17) is 9.92 Å². The van der Waals surface area contributed by atoms with Gasteiger partial charge in [0, 0.05) is 5.75 Å². The molecule has 0 radical (unpaired) electrons. The monoisotopic (exact) mass is 247 g/mol. The topological polar surface area (TPSA) is 35.2 Å². The van der Waals surface area contributed by atoms with Gasteiger partial charge in [-0.05, 0) is 24.8 Å². The molecule has 0 aromatic rings. The highest BCUT2D eigenvalue weighted by molar-refractivity contribution is 8.85. The van der Waals surface area contributed by atoms with Crippen molar-refractivity contribution in [3.05, 3.63) is 37.0 Å². The van der Waals surface area contributed by atoms with Gasteiger partial charge < -0.3 is 9.92 Å². The van der Waals surface area contributed by atoms with Crippen molar-refractivity contribution in [3.63, 3.8) is 0 Å². The first-order valence-electron chi connectivity index (χ1n) is 4.82. The summed E-state index contributed by atoms with van der Waals surface area (Å²) >= 11 is 4.52. The maximum absolute atomic E-state index is 5.74. The molecule has 2 N–H and O–H groups in total. The summed E-state index contributed by atoms with van der Waals surface area (Å²) in [6.07, 6.45) is 8.36. The molecule has 15 heavy (non-hydrogen) atoms. The molecule has 0 heterocycles. The standard InChI is InChI=1S/C11H21NOS2/c1-4-7-11(5-2)10-13-15(3,14)9-6-8-12/h4-5,7,14H,1-2,6,8-10,12H2,3H3/b11-7+. The van der Waals surface area contributed by atoms with Crippen LogP contribution in [0.25, 0.3) is 0 Å². The Morgan fingerprint density at radius 2 is 2.20 bits per heavy atom. The van der Waals surface area contributed by atoms with Gasteiger partial charge in [0.2, 0.25) is 0 Å². The Morgan fingerprint density at radius 1 is 1.53 bits per heavy atom. The Bertz CT molecular complexity index is 237. The first-order chi connectivity index (χ1) is 7.05. The minimum atomic E-state index is -1.28. The van der Waals surface area contributed by atoms with Gasteiger partial charge in [-0.3, -0.25) is 0 Å². The maximum Gasteiger partial charge on any atom is 0.0852 e. The highest BCUT2D eigenvalue weighted by Crippen LogP contribution is 2.50. The summed E-state index contributed by atoms with van der Waals surface area (Å²) in [7, 11) is -1.28. The van der Waals surface area contributed by atoms with Crippen molar-refractivity contribution in [1.29, 1.82) is 0 Å². The molecular formula is C11H21NOS2. The number of nitrogens with two attached hydrogens (primary N) is 1. The number of thiol groups is 1. The molecule has 0 bridgehead atoms. The molecule has 4 heteroatoms. The second kappa shape index (κ2) is 8.05. The van der Waals surface area contributed by atoms with Crippen molar-refractivity contribution >= 4 is 21.0 Å². The van der Waals surface area contributed by atoms with Crippen molar-refractivity contribution in [1.82, 2.24) is 0 Å². The van der Waals surface area contributed by atoms with Gasteiger partial charge in [0.25, 0.3) is 0 Å². The van der Waals surface area contributed by atoms with Gasteiger partial charge in [0.05, 0.1) is 6.61 Å². The van der Waals surface area contributed by atoms with Crippen LogP contribution >= 0.6 is 21.0 Å². The summed E-state index contributed by atoms with van der Waals surface area (Å²) in [5.41, 5.74) is 6.47. The van der Waals surface area contributed by atoms with Gasteiger partial charge in [-0.15, -0.1) is 11.7 Å². The van der Waals surface area contributed by atoms with Crippen LogP contribution in [0.2, 0.25) is 0 Å². The molecule has 0 spiro atoms. The molecule has 0 rings (SSSR count). The molecule has 1 atom stereocenters. The molecule has 0 amide bonds. The third-order valence-corrected chi connectivity index (χ3v) is 4.34. The zero-order chi connectivity index (χ0) is 11.7. The molecule has 0 aliphatic rings. The fourth-order valence-electron chi connectivity index (χ4n) is 0.932. The first-order valence-corrected chi connectivity index (χ1v) is 8.01. The molecule has 0 aliphatic carbocycles. The summed E-state index contributed by atoms with van der Waals surface area (Å²) < 4.78 is 5.74. The molecule has 0 saturated heterocycles. The van der Waals surface area contributed by atoms with Crippen molar-refractivity contribution in [2.45, 2.75) is 6.42 Å². The average Bonchev–Trinajstić information content (AvgIpc) is 2.21. The van der Waals surface area contributed by atoms with Crippen LogP contribution in [0.15, 0.2) is 37.0 Å². The van der Waals surface area contributed by atoms with Crippen molar-refractivity contribution in [2.75, 3.05) is 25.2 Å². The number of hydrogen-bond donors (Lipinski definition) is 2. The van der Waals surface area contributed by atoms with Gasteiger partial charge in [0.15, 0.2) is 0 Å². The second-order valence-electron chi connectivity index (χ2n) is 3.25. The fraction of sp³-hybridized carbons (Fsp3) is 0.455. The minimum absolute atomic E-state index is 0.537. The molecule has 2 nitrogen and oxygen atoms in total. The Morgan fingerprint density at radius 3 is 2.67 bits per heavy atom. The lowest BCUT2D eigenvalue weighted by atomic mass is 10.2. The zero-order valence-electron chi connectivity index (χ0n) is 9.32. The van der Waals surface area contributed by atoms with Crippen LogP contribution in [-0.2, 0) is 4.18 Å². The van der Waals surface area contributed by atoms with E-state index in [1.165, 1.54) is 0 Å². The van der Waals surface area contributed by atoms with Crippen LogP contribution in [0.3, 0.4) is 0 Å². The minimum Gasteiger partial charge on any atom is -0.330 e. The van der Waals surface area contributed by atoms with E-state index in [-0.39, 0.29) is 0 Å². The van der Waals surface area contributed by atoms with E-state index in [9.17, 15) is 0 Å². The van der Waals surface area contributed by atoms with E-state index in [1.54, 1.807) is 12.2 Å². The van der Waals surface area contributed by atoms with Crippen LogP contribution < -0.4 is 5.73 Å². The van der Waals surface area contributed by atoms with E-state index < -0.39 is 9.34 Å². The summed E-state index contributed by atoms with van der Waals surface area (Å²) in [4.78, 5) is 0. The number of rotatable bonds is 8. The molecule has 0 fully saturated rings. The lowest BCUT2D eigenvalue weighted by Gasteiger charge is -2.29. The second-order valence-corrected chi connectivity index (χ2v) is 8.13. The van der Waals surface area contributed by atoms with Gasteiger partial charge in [0.1, 0.15) is 0 Å². The molecule has 88 valence electrons. The third kappa shape index (κ3) is 7.73. The normalized spacial score (nSPS) is 17.9. The van der Waals surface area contributed by atoms with Gasteiger partial charge >= 0.3 is 0 Å². The molecule has 1 unspecified atom stereocenters. The summed E-state index contributed by atoms with van der Waals surface area (Å²) in [5.74, 6) is 0.922. The van der Waals surface area contributed by atoms with Gasteiger partial charge in [-0.25, -0.2) is 0 Å². The quantitative estimate of drug-likeness (QED) is 0.393. The van der Waals surface area contributed by atoms with Crippen LogP contribution in [0.1, 0.15) is 6.42 Å². The van der Waals surface area contributed by atoms with E-state index in [1.807, 2.05) is 12.3 Å². The number of hydrogen-bond acceptors (Lipinski definition) is 3. The lowest BCUT2D eigenvalue weighted by molar-refractivity contribution is 0.409. The maximum atomic E-state index is 5.74. The van der Waals surface area contributed by atoms with Crippen LogP contribution in [-0.4, -0.2) is 25.2 Å². The predicted octanol–water partition coefficient (Wildman–Crippen LogP) is 2.84. The van der Waals surface area contributed by atoms with Gasteiger partial charge in [-0.2, -0.15) is 0 Å².